The quantitative estimate of drug-likeness (QED) is 0.229. The normalized spacial score (nSPS) is 19.4. The van der Waals surface area contributed by atoms with E-state index in [1.54, 1.807) is 7.05 Å². The van der Waals surface area contributed by atoms with E-state index in [2.05, 4.69) is 21.7 Å². The molecular formula is C20H32IN3O3. The minimum Gasteiger partial charge on any atom is -0.493 e. The topological polar surface area (TPSA) is 64.1 Å². The molecular weight excluding hydrogens is 457 g/mol. The average Bonchev–Trinajstić information content (AvgIpc) is 3.36. The van der Waals surface area contributed by atoms with Gasteiger partial charge in [-0.3, -0.25) is 4.99 Å². The molecule has 2 N–H and O–H groups in total. The van der Waals surface area contributed by atoms with Gasteiger partial charge in [-0.1, -0.05) is 18.2 Å². The van der Waals surface area contributed by atoms with E-state index in [1.165, 1.54) is 12.8 Å². The third-order valence-corrected chi connectivity index (χ3v) is 4.67. The summed E-state index contributed by atoms with van der Waals surface area (Å²) in [6.45, 7) is 4.65. The molecule has 1 aromatic rings. The molecule has 1 saturated carbocycles. The molecule has 1 heterocycles. The number of ether oxygens (including phenoxy) is 3. The smallest absolute Gasteiger partial charge is 0.191 e. The maximum Gasteiger partial charge on any atom is 0.191 e. The van der Waals surface area contributed by atoms with Crippen LogP contribution in [0.2, 0.25) is 0 Å². The lowest BCUT2D eigenvalue weighted by molar-refractivity contribution is 0.0420. The number of rotatable bonds is 10. The maximum atomic E-state index is 5.96. The number of guanidine groups is 1. The Morgan fingerprint density at radius 1 is 1.22 bits per heavy atom. The Bertz CT molecular complexity index is 575. The first-order valence-electron chi connectivity index (χ1n) is 9.69. The molecule has 2 fully saturated rings. The van der Waals surface area contributed by atoms with Gasteiger partial charge in [-0.15, -0.1) is 24.0 Å². The van der Waals surface area contributed by atoms with Crippen LogP contribution in [-0.2, 0) is 16.0 Å². The van der Waals surface area contributed by atoms with Crippen LogP contribution in [0, 0.1) is 5.92 Å². The van der Waals surface area contributed by atoms with Gasteiger partial charge in [0.25, 0.3) is 0 Å². The minimum atomic E-state index is 0. The van der Waals surface area contributed by atoms with Crippen LogP contribution in [0.3, 0.4) is 0 Å². The highest BCUT2D eigenvalue weighted by Gasteiger charge is 2.22. The lowest BCUT2D eigenvalue weighted by atomic mass is 10.2. The molecule has 1 unspecified atom stereocenters. The van der Waals surface area contributed by atoms with E-state index < -0.39 is 0 Å². The van der Waals surface area contributed by atoms with Crippen LogP contribution < -0.4 is 15.4 Å². The molecule has 1 saturated heterocycles. The maximum absolute atomic E-state index is 5.96. The Labute approximate surface area is 179 Å². The predicted octanol–water partition coefficient (Wildman–Crippen LogP) is 2.95. The van der Waals surface area contributed by atoms with E-state index in [9.17, 15) is 0 Å². The molecule has 3 rings (SSSR count). The molecule has 7 heteroatoms. The van der Waals surface area contributed by atoms with Crippen molar-refractivity contribution in [3.05, 3.63) is 29.8 Å². The molecule has 0 radical (unpaired) electrons. The first-order chi connectivity index (χ1) is 12.8. The summed E-state index contributed by atoms with van der Waals surface area (Å²) < 4.78 is 17.0. The molecule has 0 amide bonds. The average molecular weight is 489 g/mol. The highest BCUT2D eigenvalue weighted by Crippen LogP contribution is 2.30. The van der Waals surface area contributed by atoms with E-state index in [4.69, 9.17) is 14.2 Å². The van der Waals surface area contributed by atoms with E-state index in [0.717, 1.165) is 69.0 Å². The first-order valence-corrected chi connectivity index (χ1v) is 9.69. The zero-order valence-electron chi connectivity index (χ0n) is 16.1. The van der Waals surface area contributed by atoms with Gasteiger partial charge in [-0.2, -0.15) is 0 Å². The van der Waals surface area contributed by atoms with Crippen molar-refractivity contribution in [1.82, 2.24) is 10.6 Å². The van der Waals surface area contributed by atoms with Crippen LogP contribution in [-0.4, -0.2) is 52.1 Å². The van der Waals surface area contributed by atoms with Crippen molar-refractivity contribution in [3.8, 4) is 5.75 Å². The fourth-order valence-electron chi connectivity index (χ4n) is 2.86. The van der Waals surface area contributed by atoms with Crippen molar-refractivity contribution in [1.29, 1.82) is 0 Å². The van der Waals surface area contributed by atoms with Gasteiger partial charge in [0.1, 0.15) is 5.75 Å². The lowest BCUT2D eigenvalue weighted by Crippen LogP contribution is -2.37. The van der Waals surface area contributed by atoms with Gasteiger partial charge in [0.05, 0.1) is 19.3 Å². The van der Waals surface area contributed by atoms with E-state index in [0.29, 0.717) is 6.54 Å². The Kier molecular flexibility index (Phi) is 10.2. The van der Waals surface area contributed by atoms with Gasteiger partial charge in [0.15, 0.2) is 5.96 Å². The third kappa shape index (κ3) is 8.23. The second-order valence-corrected chi connectivity index (χ2v) is 6.92. The number of para-hydroxylation sites is 1. The Morgan fingerprint density at radius 3 is 2.81 bits per heavy atom. The largest absolute Gasteiger partial charge is 0.493 e. The molecule has 0 bridgehead atoms. The number of halogens is 1. The molecule has 1 aliphatic heterocycles. The standard InChI is InChI=1S/C20H31N3O3.HI/c1-21-20(22-10-4-11-25-18-9-12-24-15-18)23-13-17-5-2-3-6-19(17)26-14-16-7-8-16;/h2-3,5-6,16,18H,4,7-15H2,1H3,(H2,21,22,23);1H. The highest BCUT2D eigenvalue weighted by molar-refractivity contribution is 14.0. The number of aliphatic imine (C=N–C) groups is 1. The Morgan fingerprint density at radius 2 is 2.07 bits per heavy atom. The summed E-state index contributed by atoms with van der Waals surface area (Å²) in [5.41, 5.74) is 1.15. The van der Waals surface area contributed by atoms with Crippen molar-refractivity contribution in [2.24, 2.45) is 10.9 Å². The second kappa shape index (κ2) is 12.4. The van der Waals surface area contributed by atoms with Crippen molar-refractivity contribution in [2.45, 2.75) is 38.3 Å². The van der Waals surface area contributed by atoms with Crippen LogP contribution in [0.4, 0.5) is 0 Å². The van der Waals surface area contributed by atoms with Gasteiger partial charge in [-0.05, 0) is 37.7 Å². The molecule has 0 spiro atoms. The molecule has 6 nitrogen and oxygen atoms in total. The van der Waals surface area contributed by atoms with E-state index in [1.807, 2.05) is 18.2 Å². The van der Waals surface area contributed by atoms with Gasteiger partial charge in [0, 0.05) is 38.9 Å². The summed E-state index contributed by atoms with van der Waals surface area (Å²) in [6.07, 6.45) is 4.83. The summed E-state index contributed by atoms with van der Waals surface area (Å²) >= 11 is 0. The van der Waals surface area contributed by atoms with Crippen LogP contribution in [0.25, 0.3) is 0 Å². The third-order valence-electron chi connectivity index (χ3n) is 4.67. The number of nitrogens with zero attached hydrogens (tertiary/aromatic N) is 1. The SMILES string of the molecule is CN=C(NCCCOC1CCOC1)NCc1ccccc1OCC1CC1.I. The zero-order valence-corrected chi connectivity index (χ0v) is 18.4. The number of hydrogen-bond donors (Lipinski definition) is 2. The molecule has 0 aromatic heterocycles. The lowest BCUT2D eigenvalue weighted by Gasteiger charge is -2.15. The summed E-state index contributed by atoms with van der Waals surface area (Å²) in [4.78, 5) is 4.28. The van der Waals surface area contributed by atoms with Crippen molar-refractivity contribution in [3.63, 3.8) is 0 Å². The van der Waals surface area contributed by atoms with Crippen molar-refractivity contribution in [2.75, 3.05) is 40.0 Å². The van der Waals surface area contributed by atoms with Crippen molar-refractivity contribution < 1.29 is 14.2 Å². The van der Waals surface area contributed by atoms with Gasteiger partial charge in [0.2, 0.25) is 0 Å². The molecule has 1 aromatic carbocycles. The fourth-order valence-corrected chi connectivity index (χ4v) is 2.86. The minimum absolute atomic E-state index is 0. The number of nitrogens with one attached hydrogen (secondary N) is 2. The predicted molar refractivity (Wildman–Crippen MR) is 118 cm³/mol. The summed E-state index contributed by atoms with van der Waals surface area (Å²) in [6, 6.07) is 8.20. The van der Waals surface area contributed by atoms with Crippen LogP contribution >= 0.6 is 24.0 Å². The summed E-state index contributed by atoms with van der Waals surface area (Å²) in [5.74, 6) is 2.52. The van der Waals surface area contributed by atoms with Crippen LogP contribution in [0.15, 0.2) is 29.3 Å². The molecule has 2 aliphatic rings. The van der Waals surface area contributed by atoms with Gasteiger partial charge in [-0.25, -0.2) is 0 Å². The second-order valence-electron chi connectivity index (χ2n) is 6.92. The van der Waals surface area contributed by atoms with E-state index in [-0.39, 0.29) is 30.1 Å². The summed E-state index contributed by atoms with van der Waals surface area (Å²) in [7, 11) is 1.79. The molecule has 1 atom stereocenters. The number of hydrogen-bond acceptors (Lipinski definition) is 4. The molecule has 1 aliphatic carbocycles. The zero-order chi connectivity index (χ0) is 18.0. The number of benzene rings is 1. The monoisotopic (exact) mass is 489 g/mol. The van der Waals surface area contributed by atoms with Crippen LogP contribution in [0.5, 0.6) is 5.75 Å². The first kappa shape index (κ1) is 22.2. The summed E-state index contributed by atoms with van der Waals surface area (Å²) in [5, 5.41) is 6.69. The molecule has 27 heavy (non-hydrogen) atoms. The fraction of sp³-hybridized carbons (Fsp3) is 0.650. The van der Waals surface area contributed by atoms with Crippen molar-refractivity contribution >= 4 is 29.9 Å². The highest BCUT2D eigenvalue weighted by atomic mass is 127. The Hall–Kier alpha value is -1.06. The van der Waals surface area contributed by atoms with Crippen LogP contribution in [0.1, 0.15) is 31.2 Å². The van der Waals surface area contributed by atoms with Gasteiger partial charge >= 0.3 is 0 Å². The molecule has 152 valence electrons. The van der Waals surface area contributed by atoms with Gasteiger partial charge < -0.3 is 24.8 Å². The Balaban J connectivity index is 0.00000261. The van der Waals surface area contributed by atoms with E-state index >= 15 is 0 Å².